The van der Waals surface area contributed by atoms with E-state index in [1.165, 1.54) is 0 Å². The first-order chi connectivity index (χ1) is 11.5. The molecule has 7 nitrogen and oxygen atoms in total. The highest BCUT2D eigenvalue weighted by Gasteiger charge is 2.23. The molecule has 130 valence electrons. The second-order valence-electron chi connectivity index (χ2n) is 6.25. The summed E-state index contributed by atoms with van der Waals surface area (Å²) in [6.45, 7) is 4.76. The zero-order valence-electron chi connectivity index (χ0n) is 14.1. The van der Waals surface area contributed by atoms with Gasteiger partial charge in [0.1, 0.15) is 0 Å². The number of amides is 1. The molecule has 1 aromatic rings. The van der Waals surface area contributed by atoms with Gasteiger partial charge in [0, 0.05) is 5.56 Å². The molecule has 7 heteroatoms. The van der Waals surface area contributed by atoms with Crippen molar-refractivity contribution in [1.29, 1.82) is 0 Å². The Kier molecular flexibility index (Phi) is 5.01. The Hall–Kier alpha value is -2.12. The summed E-state index contributed by atoms with van der Waals surface area (Å²) in [6.07, 6.45) is 1.16. The molecule has 0 bridgehead atoms. The molecular formula is C17H23N3O4. The molecular weight excluding hydrogens is 310 g/mol. The number of likely N-dealkylation sites (tertiary alicyclic amines) is 1. The van der Waals surface area contributed by atoms with E-state index < -0.39 is 0 Å². The quantitative estimate of drug-likeness (QED) is 0.585. The van der Waals surface area contributed by atoms with Crippen molar-refractivity contribution in [2.24, 2.45) is 0 Å². The number of hydrogen-bond donors (Lipinski definition) is 1. The number of carbonyl (C=O) groups is 2. The second-order valence-corrected chi connectivity index (χ2v) is 6.25. The number of Topliss-reactive ketones (excluding diaryl/α,β-unsaturated/α-hetero) is 1. The van der Waals surface area contributed by atoms with Crippen molar-refractivity contribution >= 4 is 11.7 Å². The number of ether oxygens (including phenoxy) is 2. The number of benzene rings is 1. The average molecular weight is 333 g/mol. The van der Waals surface area contributed by atoms with Crippen molar-refractivity contribution in [2.75, 3.05) is 40.1 Å². The van der Waals surface area contributed by atoms with Gasteiger partial charge in [0.2, 0.25) is 12.7 Å². The van der Waals surface area contributed by atoms with Gasteiger partial charge in [-0.05, 0) is 51.7 Å². The zero-order chi connectivity index (χ0) is 17.1. The Bertz CT molecular complexity index is 630. The van der Waals surface area contributed by atoms with Crippen molar-refractivity contribution in [2.45, 2.75) is 19.4 Å². The number of ketones is 1. The van der Waals surface area contributed by atoms with Gasteiger partial charge in [0.25, 0.3) is 0 Å². The van der Waals surface area contributed by atoms with Gasteiger partial charge in [0.05, 0.1) is 19.3 Å². The van der Waals surface area contributed by atoms with Gasteiger partial charge in [0.15, 0.2) is 17.3 Å². The molecule has 2 aliphatic rings. The number of likely N-dealkylation sites (N-methyl/N-ethyl adjacent to an activating group) is 1. The summed E-state index contributed by atoms with van der Waals surface area (Å²) >= 11 is 0. The largest absolute Gasteiger partial charge is 0.454 e. The van der Waals surface area contributed by atoms with E-state index in [4.69, 9.17) is 9.47 Å². The van der Waals surface area contributed by atoms with E-state index in [-0.39, 0.29) is 24.5 Å². The number of nitrogens with one attached hydrogen (secondary N) is 1. The molecule has 1 atom stereocenters. The molecule has 2 aliphatic heterocycles. The number of rotatable bonds is 7. The number of fused-ring (bicyclic) bond motifs is 1. The summed E-state index contributed by atoms with van der Waals surface area (Å²) in [4.78, 5) is 28.4. The summed E-state index contributed by atoms with van der Waals surface area (Å²) < 4.78 is 10.6. The summed E-state index contributed by atoms with van der Waals surface area (Å²) in [5.74, 6) is 1.22. The van der Waals surface area contributed by atoms with Crippen LogP contribution < -0.4 is 14.8 Å². The lowest BCUT2D eigenvalue weighted by Gasteiger charge is -2.30. The van der Waals surface area contributed by atoms with E-state index in [9.17, 15) is 9.59 Å². The molecule has 1 N–H and O–H groups in total. The van der Waals surface area contributed by atoms with E-state index in [1.807, 2.05) is 18.9 Å². The Balaban J connectivity index is 1.51. The molecule has 3 rings (SSSR count). The van der Waals surface area contributed by atoms with Crippen molar-refractivity contribution in [3.8, 4) is 11.5 Å². The van der Waals surface area contributed by atoms with Gasteiger partial charge in [-0.15, -0.1) is 0 Å². The van der Waals surface area contributed by atoms with E-state index in [1.54, 1.807) is 18.2 Å². The maximum Gasteiger partial charge on any atom is 0.235 e. The SMILES string of the molecule is CC(C(=O)c1ccc2c(c1)OCO2)N(C)CNC(=O)CN1CCC1. The van der Waals surface area contributed by atoms with E-state index >= 15 is 0 Å². The van der Waals surface area contributed by atoms with Gasteiger partial charge in [-0.2, -0.15) is 0 Å². The van der Waals surface area contributed by atoms with Gasteiger partial charge in [-0.1, -0.05) is 0 Å². The molecule has 0 radical (unpaired) electrons. The number of carbonyl (C=O) groups excluding carboxylic acids is 2. The van der Waals surface area contributed by atoms with Crippen LogP contribution in [0.2, 0.25) is 0 Å². The molecule has 2 heterocycles. The highest BCUT2D eigenvalue weighted by Crippen LogP contribution is 2.32. The molecule has 1 amide bonds. The summed E-state index contributed by atoms with van der Waals surface area (Å²) in [6, 6.07) is 4.84. The monoisotopic (exact) mass is 333 g/mol. The highest BCUT2D eigenvalue weighted by molar-refractivity contribution is 6.00. The minimum atomic E-state index is -0.352. The van der Waals surface area contributed by atoms with E-state index in [0.29, 0.717) is 30.3 Å². The third kappa shape index (κ3) is 3.68. The lowest BCUT2D eigenvalue weighted by molar-refractivity contribution is -0.123. The molecule has 1 aromatic carbocycles. The number of nitrogens with zero attached hydrogens (tertiary/aromatic N) is 2. The van der Waals surface area contributed by atoms with Crippen LogP contribution in [0.1, 0.15) is 23.7 Å². The van der Waals surface area contributed by atoms with E-state index in [2.05, 4.69) is 10.2 Å². The van der Waals surface area contributed by atoms with Crippen molar-refractivity contribution < 1.29 is 19.1 Å². The Morgan fingerprint density at radius 2 is 2.04 bits per heavy atom. The van der Waals surface area contributed by atoms with Crippen LogP contribution in [0.3, 0.4) is 0 Å². The minimum Gasteiger partial charge on any atom is -0.454 e. The molecule has 0 spiro atoms. The first kappa shape index (κ1) is 16.7. The predicted molar refractivity (Wildman–Crippen MR) is 88.2 cm³/mol. The van der Waals surface area contributed by atoms with Crippen LogP contribution in [-0.2, 0) is 4.79 Å². The highest BCUT2D eigenvalue weighted by atomic mass is 16.7. The lowest BCUT2D eigenvalue weighted by Crippen LogP contribution is -2.48. The third-order valence-corrected chi connectivity index (χ3v) is 4.54. The van der Waals surface area contributed by atoms with Gasteiger partial charge in [-0.25, -0.2) is 0 Å². The smallest absolute Gasteiger partial charge is 0.235 e. The molecule has 0 aromatic heterocycles. The van der Waals surface area contributed by atoms with Gasteiger partial charge in [-0.3, -0.25) is 19.4 Å². The molecule has 1 saturated heterocycles. The first-order valence-corrected chi connectivity index (χ1v) is 8.18. The first-order valence-electron chi connectivity index (χ1n) is 8.18. The van der Waals surface area contributed by atoms with Crippen LogP contribution in [0.15, 0.2) is 18.2 Å². The normalized spacial score (nSPS) is 17.5. The minimum absolute atomic E-state index is 0.00993. The van der Waals surface area contributed by atoms with Crippen LogP contribution in [0.4, 0.5) is 0 Å². The van der Waals surface area contributed by atoms with Crippen molar-refractivity contribution in [1.82, 2.24) is 15.1 Å². The van der Waals surface area contributed by atoms with Crippen LogP contribution in [0, 0.1) is 0 Å². The van der Waals surface area contributed by atoms with Crippen molar-refractivity contribution in [3.63, 3.8) is 0 Å². The van der Waals surface area contributed by atoms with Crippen LogP contribution in [0.5, 0.6) is 11.5 Å². The molecule has 1 unspecified atom stereocenters. The fourth-order valence-electron chi connectivity index (χ4n) is 2.64. The molecule has 0 saturated carbocycles. The Labute approximate surface area is 141 Å². The summed E-state index contributed by atoms with van der Waals surface area (Å²) in [5.41, 5.74) is 0.575. The molecule has 24 heavy (non-hydrogen) atoms. The van der Waals surface area contributed by atoms with Gasteiger partial charge < -0.3 is 14.8 Å². The lowest BCUT2D eigenvalue weighted by atomic mass is 10.0. The standard InChI is InChI=1S/C17H23N3O4/c1-12(19(2)10-18-16(21)9-20-6-3-7-20)17(22)13-4-5-14-15(8-13)24-11-23-14/h4-5,8,12H,3,6-7,9-11H2,1-2H3,(H,18,21). The van der Waals surface area contributed by atoms with E-state index in [0.717, 1.165) is 19.5 Å². The van der Waals surface area contributed by atoms with Gasteiger partial charge >= 0.3 is 0 Å². The fourth-order valence-corrected chi connectivity index (χ4v) is 2.64. The maximum absolute atomic E-state index is 12.6. The third-order valence-electron chi connectivity index (χ3n) is 4.54. The van der Waals surface area contributed by atoms with Crippen LogP contribution in [-0.4, -0.2) is 67.7 Å². The average Bonchev–Trinajstić information content (AvgIpc) is 3.02. The Morgan fingerprint density at radius 3 is 2.75 bits per heavy atom. The van der Waals surface area contributed by atoms with Crippen LogP contribution in [0.25, 0.3) is 0 Å². The molecule has 1 fully saturated rings. The summed E-state index contributed by atoms with van der Waals surface area (Å²) in [7, 11) is 1.82. The Morgan fingerprint density at radius 1 is 1.29 bits per heavy atom. The second kappa shape index (κ2) is 7.19. The fraction of sp³-hybridized carbons (Fsp3) is 0.529. The van der Waals surface area contributed by atoms with Crippen LogP contribution >= 0.6 is 0 Å². The summed E-state index contributed by atoms with van der Waals surface area (Å²) in [5, 5.41) is 2.86. The van der Waals surface area contributed by atoms with Crippen molar-refractivity contribution in [3.05, 3.63) is 23.8 Å². The number of hydrogen-bond acceptors (Lipinski definition) is 6. The topological polar surface area (TPSA) is 71.1 Å². The predicted octanol–water partition coefficient (Wildman–Crippen LogP) is 0.698. The molecule has 0 aliphatic carbocycles. The maximum atomic E-state index is 12.6. The zero-order valence-corrected chi connectivity index (χ0v) is 14.1.